The molecule has 18 heavy (non-hydrogen) atoms. The van der Waals surface area contributed by atoms with Crippen molar-refractivity contribution in [2.24, 2.45) is 7.05 Å². The van der Waals surface area contributed by atoms with Crippen molar-refractivity contribution in [2.75, 3.05) is 11.9 Å². The highest BCUT2D eigenvalue weighted by atomic mass is 15.3. The number of hydrogen-bond acceptors (Lipinski definition) is 3. The van der Waals surface area contributed by atoms with Gasteiger partial charge in [0, 0.05) is 24.8 Å². The summed E-state index contributed by atoms with van der Waals surface area (Å²) in [4.78, 5) is 0. The molecule has 0 amide bonds. The lowest BCUT2D eigenvalue weighted by Crippen LogP contribution is -2.09. The van der Waals surface area contributed by atoms with Crippen LogP contribution in [0, 0.1) is 20.8 Å². The molecule has 0 atom stereocenters. The summed E-state index contributed by atoms with van der Waals surface area (Å²) in [7, 11) is 1.97. The molecule has 0 aliphatic heterocycles. The summed E-state index contributed by atoms with van der Waals surface area (Å²) in [5.41, 5.74) is 4.50. The summed E-state index contributed by atoms with van der Waals surface area (Å²) in [6, 6.07) is 2.10. The van der Waals surface area contributed by atoms with Crippen molar-refractivity contribution < 1.29 is 0 Å². The van der Waals surface area contributed by atoms with Crippen molar-refractivity contribution in [1.29, 1.82) is 0 Å². The minimum Gasteiger partial charge on any atom is -0.370 e. The molecular weight excluding hydrogens is 226 g/mol. The molecule has 0 radical (unpaired) electrons. The molecule has 0 bridgehead atoms. The molecule has 0 saturated heterocycles. The smallest absolute Gasteiger partial charge is 0.129 e. The van der Waals surface area contributed by atoms with E-state index >= 15 is 0 Å². The summed E-state index contributed by atoms with van der Waals surface area (Å²) in [6.45, 7) is 9.89. The Balaban J connectivity index is 2.36. The third-order valence-electron chi connectivity index (χ3n) is 3.10. The zero-order valence-corrected chi connectivity index (χ0v) is 11.8. The zero-order chi connectivity index (χ0) is 13.3. The van der Waals surface area contributed by atoms with Crippen LogP contribution in [0.1, 0.15) is 29.6 Å². The van der Waals surface area contributed by atoms with Crippen molar-refractivity contribution in [1.82, 2.24) is 19.6 Å². The standard InChI is InChI=1S/C13H21N5/c1-6-14-13-12(11(4)16-17(13)5)8-18-10(3)7-9(2)15-18/h7,14H,6,8H2,1-5H3. The first-order chi connectivity index (χ1) is 8.52. The summed E-state index contributed by atoms with van der Waals surface area (Å²) < 4.78 is 3.93. The van der Waals surface area contributed by atoms with Gasteiger partial charge in [-0.15, -0.1) is 0 Å². The number of hydrogen-bond donors (Lipinski definition) is 1. The second-order valence-corrected chi connectivity index (χ2v) is 4.65. The van der Waals surface area contributed by atoms with Crippen LogP contribution in [0.5, 0.6) is 0 Å². The van der Waals surface area contributed by atoms with E-state index in [1.165, 1.54) is 11.3 Å². The first-order valence-corrected chi connectivity index (χ1v) is 6.30. The van der Waals surface area contributed by atoms with E-state index in [4.69, 9.17) is 0 Å². The third-order valence-corrected chi connectivity index (χ3v) is 3.10. The van der Waals surface area contributed by atoms with Crippen LogP contribution in [0.2, 0.25) is 0 Å². The molecular formula is C13H21N5. The predicted molar refractivity (Wildman–Crippen MR) is 72.9 cm³/mol. The number of nitrogens with zero attached hydrogens (tertiary/aromatic N) is 4. The molecule has 0 aliphatic rings. The number of rotatable bonds is 4. The highest BCUT2D eigenvalue weighted by Crippen LogP contribution is 2.20. The Morgan fingerprint density at radius 1 is 1.22 bits per heavy atom. The summed E-state index contributed by atoms with van der Waals surface area (Å²) in [5.74, 6) is 1.09. The average molecular weight is 247 g/mol. The van der Waals surface area contributed by atoms with Gasteiger partial charge in [-0.1, -0.05) is 0 Å². The van der Waals surface area contributed by atoms with Crippen molar-refractivity contribution >= 4 is 5.82 Å². The largest absolute Gasteiger partial charge is 0.370 e. The second kappa shape index (κ2) is 4.84. The maximum Gasteiger partial charge on any atom is 0.129 e. The van der Waals surface area contributed by atoms with Gasteiger partial charge in [0.15, 0.2) is 0 Å². The maximum atomic E-state index is 4.51. The number of nitrogens with one attached hydrogen (secondary N) is 1. The minimum absolute atomic E-state index is 0.766. The minimum atomic E-state index is 0.766. The monoisotopic (exact) mass is 247 g/mol. The molecule has 5 nitrogen and oxygen atoms in total. The van der Waals surface area contributed by atoms with Crippen LogP contribution >= 0.6 is 0 Å². The third kappa shape index (κ3) is 2.25. The van der Waals surface area contributed by atoms with Crippen LogP contribution < -0.4 is 5.32 Å². The van der Waals surface area contributed by atoms with Gasteiger partial charge in [0.1, 0.15) is 5.82 Å². The average Bonchev–Trinajstić information content (AvgIpc) is 2.73. The van der Waals surface area contributed by atoms with Crippen LogP contribution in [-0.4, -0.2) is 26.1 Å². The van der Waals surface area contributed by atoms with Gasteiger partial charge in [-0.25, -0.2) is 0 Å². The van der Waals surface area contributed by atoms with E-state index in [2.05, 4.69) is 35.4 Å². The Labute approximate surface area is 108 Å². The molecule has 1 N–H and O–H groups in total. The van der Waals surface area contributed by atoms with Gasteiger partial charge >= 0.3 is 0 Å². The van der Waals surface area contributed by atoms with Gasteiger partial charge < -0.3 is 5.32 Å². The molecule has 2 rings (SSSR count). The molecule has 0 spiro atoms. The molecule has 0 unspecified atom stereocenters. The lowest BCUT2D eigenvalue weighted by Gasteiger charge is -2.09. The highest BCUT2D eigenvalue weighted by Gasteiger charge is 2.14. The fourth-order valence-electron chi connectivity index (χ4n) is 2.26. The summed E-state index contributed by atoms with van der Waals surface area (Å²) in [5, 5.41) is 12.4. The summed E-state index contributed by atoms with van der Waals surface area (Å²) >= 11 is 0. The van der Waals surface area contributed by atoms with Crippen LogP contribution in [-0.2, 0) is 13.6 Å². The van der Waals surface area contributed by atoms with Crippen LogP contribution in [0.3, 0.4) is 0 Å². The van der Waals surface area contributed by atoms with E-state index in [0.29, 0.717) is 0 Å². The van der Waals surface area contributed by atoms with Crippen molar-refractivity contribution in [2.45, 2.75) is 34.2 Å². The van der Waals surface area contributed by atoms with Crippen LogP contribution in [0.15, 0.2) is 6.07 Å². The molecule has 0 aromatic carbocycles. The zero-order valence-electron chi connectivity index (χ0n) is 11.8. The Morgan fingerprint density at radius 3 is 2.50 bits per heavy atom. The topological polar surface area (TPSA) is 47.7 Å². The van der Waals surface area contributed by atoms with E-state index in [0.717, 1.165) is 30.3 Å². The normalized spacial score (nSPS) is 10.9. The molecule has 0 aliphatic carbocycles. The fourth-order valence-corrected chi connectivity index (χ4v) is 2.26. The van der Waals surface area contributed by atoms with Crippen LogP contribution in [0.4, 0.5) is 5.82 Å². The molecule has 2 aromatic rings. The van der Waals surface area contributed by atoms with E-state index in [9.17, 15) is 0 Å². The molecule has 0 fully saturated rings. The molecule has 98 valence electrons. The SMILES string of the molecule is CCNc1c(Cn2nc(C)cc2C)c(C)nn1C. The number of anilines is 1. The van der Waals surface area contributed by atoms with Gasteiger partial charge in [-0.05, 0) is 33.8 Å². The molecule has 5 heteroatoms. The Hall–Kier alpha value is -1.78. The first-order valence-electron chi connectivity index (χ1n) is 6.30. The van der Waals surface area contributed by atoms with Crippen molar-refractivity contribution in [3.63, 3.8) is 0 Å². The number of aromatic nitrogens is 4. The maximum absolute atomic E-state index is 4.51. The van der Waals surface area contributed by atoms with Crippen molar-refractivity contribution in [3.05, 3.63) is 28.7 Å². The van der Waals surface area contributed by atoms with E-state index < -0.39 is 0 Å². The highest BCUT2D eigenvalue weighted by molar-refractivity contribution is 5.47. The van der Waals surface area contributed by atoms with Gasteiger partial charge in [-0.3, -0.25) is 9.36 Å². The molecule has 0 saturated carbocycles. The molecule has 2 heterocycles. The van der Waals surface area contributed by atoms with E-state index in [-0.39, 0.29) is 0 Å². The summed E-state index contributed by atoms with van der Waals surface area (Å²) in [6.07, 6.45) is 0. The quantitative estimate of drug-likeness (QED) is 0.899. The lowest BCUT2D eigenvalue weighted by molar-refractivity contribution is 0.657. The predicted octanol–water partition coefficient (Wildman–Crippen LogP) is 2.02. The van der Waals surface area contributed by atoms with Gasteiger partial charge in [0.25, 0.3) is 0 Å². The fraction of sp³-hybridized carbons (Fsp3) is 0.538. The Morgan fingerprint density at radius 2 is 1.94 bits per heavy atom. The number of aryl methyl sites for hydroxylation is 4. The first kappa shape index (κ1) is 12.7. The van der Waals surface area contributed by atoms with E-state index in [1.807, 2.05) is 30.3 Å². The van der Waals surface area contributed by atoms with Crippen molar-refractivity contribution in [3.8, 4) is 0 Å². The lowest BCUT2D eigenvalue weighted by atomic mass is 10.2. The Kier molecular flexibility index (Phi) is 3.41. The molecule has 2 aromatic heterocycles. The van der Waals surface area contributed by atoms with Gasteiger partial charge in [0.05, 0.1) is 17.9 Å². The Bertz CT molecular complexity index is 550. The van der Waals surface area contributed by atoms with Crippen LogP contribution in [0.25, 0.3) is 0 Å². The van der Waals surface area contributed by atoms with Gasteiger partial charge in [-0.2, -0.15) is 10.2 Å². The van der Waals surface area contributed by atoms with E-state index in [1.54, 1.807) is 0 Å². The second-order valence-electron chi connectivity index (χ2n) is 4.65. The van der Waals surface area contributed by atoms with Gasteiger partial charge in [0.2, 0.25) is 0 Å².